The minimum atomic E-state index is -3.56. The molecule has 0 saturated carbocycles. The van der Waals surface area contributed by atoms with Crippen LogP contribution in [0.1, 0.15) is 36.8 Å². The van der Waals surface area contributed by atoms with Crippen LogP contribution in [0.5, 0.6) is 11.5 Å². The number of aryl methyl sites for hydroxylation is 2. The number of nitrogens with zero attached hydrogens (tertiary/aromatic N) is 1. The van der Waals surface area contributed by atoms with Crippen molar-refractivity contribution in [1.82, 2.24) is 4.31 Å². The van der Waals surface area contributed by atoms with E-state index in [1.54, 1.807) is 38.5 Å². The molecule has 0 aromatic heterocycles. The Morgan fingerprint density at radius 1 is 0.969 bits per heavy atom. The van der Waals surface area contributed by atoms with Gasteiger partial charge in [-0.2, -0.15) is 4.31 Å². The zero-order valence-electron chi connectivity index (χ0n) is 18.6. The zero-order valence-corrected chi connectivity index (χ0v) is 19.4. The van der Waals surface area contributed by atoms with E-state index in [1.165, 1.54) is 9.87 Å². The summed E-state index contributed by atoms with van der Waals surface area (Å²) >= 11 is 0. The van der Waals surface area contributed by atoms with Gasteiger partial charge in [-0.1, -0.05) is 6.07 Å². The van der Waals surface area contributed by atoms with Crippen LogP contribution in [-0.2, 0) is 27.7 Å². The van der Waals surface area contributed by atoms with Gasteiger partial charge in [0.1, 0.15) is 11.5 Å². The van der Waals surface area contributed by atoms with Crippen molar-refractivity contribution < 1.29 is 22.7 Å². The highest BCUT2D eigenvalue weighted by atomic mass is 32.2. The first-order chi connectivity index (χ1) is 15.4. The number of rotatable bonds is 6. The van der Waals surface area contributed by atoms with Crippen LogP contribution >= 0.6 is 0 Å². The molecule has 0 radical (unpaired) electrons. The molecule has 32 heavy (non-hydrogen) atoms. The van der Waals surface area contributed by atoms with Crippen LogP contribution in [0.2, 0.25) is 0 Å². The maximum atomic E-state index is 13.2. The Morgan fingerprint density at radius 3 is 2.38 bits per heavy atom. The van der Waals surface area contributed by atoms with Crippen LogP contribution in [0.15, 0.2) is 41.3 Å². The maximum Gasteiger partial charge on any atom is 0.243 e. The minimum Gasteiger partial charge on any atom is -0.497 e. The molecule has 4 rings (SSSR count). The van der Waals surface area contributed by atoms with Crippen molar-refractivity contribution in [2.45, 2.75) is 43.4 Å². The lowest BCUT2D eigenvalue weighted by atomic mass is 9.92. The highest BCUT2D eigenvalue weighted by molar-refractivity contribution is 7.89. The molecule has 1 fully saturated rings. The first-order valence-electron chi connectivity index (χ1n) is 11.1. The highest BCUT2D eigenvalue weighted by Gasteiger charge is 2.32. The smallest absolute Gasteiger partial charge is 0.243 e. The van der Waals surface area contributed by atoms with E-state index in [-0.39, 0.29) is 11.8 Å². The number of hydrogen-bond acceptors (Lipinski definition) is 5. The maximum absolute atomic E-state index is 13.2. The molecule has 1 heterocycles. The van der Waals surface area contributed by atoms with Crippen molar-refractivity contribution in [3.05, 3.63) is 47.5 Å². The molecular formula is C24H30N2O5S. The minimum absolute atomic E-state index is 0.137. The molecule has 2 aromatic rings. The molecule has 0 spiro atoms. The largest absolute Gasteiger partial charge is 0.497 e. The Kier molecular flexibility index (Phi) is 6.71. The summed E-state index contributed by atoms with van der Waals surface area (Å²) in [4.78, 5) is 13.2. The molecule has 1 aliphatic carbocycles. The Balaban J connectivity index is 1.41. The summed E-state index contributed by atoms with van der Waals surface area (Å²) < 4.78 is 38.4. The van der Waals surface area contributed by atoms with Crippen LogP contribution in [0.4, 0.5) is 5.69 Å². The number of amides is 1. The SMILES string of the molecule is COc1ccc(OC)c(NC(=O)C2CCN(S(=O)(=O)c3ccc4c(c3)CCCC4)CC2)c1. The number of nitrogens with one attached hydrogen (secondary N) is 1. The fraction of sp³-hybridized carbons (Fsp3) is 0.458. The van der Waals surface area contributed by atoms with E-state index in [0.717, 1.165) is 31.2 Å². The fourth-order valence-corrected chi connectivity index (χ4v) is 6.05. The van der Waals surface area contributed by atoms with Gasteiger partial charge in [-0.05, 0) is 73.9 Å². The predicted molar refractivity (Wildman–Crippen MR) is 123 cm³/mol. The van der Waals surface area contributed by atoms with Gasteiger partial charge >= 0.3 is 0 Å². The predicted octanol–water partition coefficient (Wildman–Crippen LogP) is 3.62. The second kappa shape index (κ2) is 9.50. The van der Waals surface area contributed by atoms with E-state index < -0.39 is 10.0 Å². The van der Waals surface area contributed by atoms with Crippen LogP contribution in [0, 0.1) is 5.92 Å². The number of carbonyl (C=O) groups is 1. The number of fused-ring (bicyclic) bond motifs is 1. The zero-order chi connectivity index (χ0) is 22.7. The summed E-state index contributed by atoms with van der Waals surface area (Å²) in [5.41, 5.74) is 2.96. The van der Waals surface area contributed by atoms with E-state index in [4.69, 9.17) is 9.47 Å². The van der Waals surface area contributed by atoms with Gasteiger partial charge in [-0.15, -0.1) is 0 Å². The third-order valence-electron chi connectivity index (χ3n) is 6.45. The van der Waals surface area contributed by atoms with Crippen molar-refractivity contribution >= 4 is 21.6 Å². The lowest BCUT2D eigenvalue weighted by molar-refractivity contribution is -0.120. The summed E-state index contributed by atoms with van der Waals surface area (Å²) in [5.74, 6) is 0.766. The van der Waals surface area contributed by atoms with Crippen molar-refractivity contribution in [3.8, 4) is 11.5 Å². The average molecular weight is 459 g/mol. The van der Waals surface area contributed by atoms with Crippen LogP contribution in [0.25, 0.3) is 0 Å². The summed E-state index contributed by atoms with van der Waals surface area (Å²) in [6.45, 7) is 0.652. The summed E-state index contributed by atoms with van der Waals surface area (Å²) in [5, 5.41) is 2.91. The van der Waals surface area contributed by atoms with E-state index in [9.17, 15) is 13.2 Å². The second-order valence-corrected chi connectivity index (χ2v) is 10.3. The molecule has 7 nitrogen and oxygen atoms in total. The van der Waals surface area contributed by atoms with Crippen LogP contribution in [-0.4, -0.2) is 45.9 Å². The van der Waals surface area contributed by atoms with Gasteiger partial charge in [0.05, 0.1) is 24.8 Å². The van der Waals surface area contributed by atoms with Gasteiger partial charge in [-0.3, -0.25) is 4.79 Å². The van der Waals surface area contributed by atoms with Crippen molar-refractivity contribution in [2.24, 2.45) is 5.92 Å². The molecule has 1 N–H and O–H groups in total. The molecule has 1 aliphatic heterocycles. The molecule has 1 amide bonds. The number of hydrogen-bond donors (Lipinski definition) is 1. The van der Waals surface area contributed by atoms with Gasteiger partial charge in [0.2, 0.25) is 15.9 Å². The summed E-state index contributed by atoms with van der Waals surface area (Å²) in [7, 11) is -0.453. The van der Waals surface area contributed by atoms with Crippen LogP contribution in [0.3, 0.4) is 0 Å². The Bertz CT molecular complexity index is 1090. The summed E-state index contributed by atoms with van der Waals surface area (Å²) in [6, 6.07) is 10.8. The van der Waals surface area contributed by atoms with Gasteiger partial charge < -0.3 is 14.8 Å². The van der Waals surface area contributed by atoms with E-state index >= 15 is 0 Å². The van der Waals surface area contributed by atoms with Gasteiger partial charge in [0.15, 0.2) is 0 Å². The molecule has 0 unspecified atom stereocenters. The number of piperidine rings is 1. The van der Waals surface area contributed by atoms with Crippen molar-refractivity contribution in [2.75, 3.05) is 32.6 Å². The lowest BCUT2D eigenvalue weighted by Crippen LogP contribution is -2.41. The van der Waals surface area contributed by atoms with Crippen molar-refractivity contribution in [1.29, 1.82) is 0 Å². The quantitative estimate of drug-likeness (QED) is 0.715. The number of anilines is 1. The van der Waals surface area contributed by atoms with Gasteiger partial charge in [0, 0.05) is 25.1 Å². The molecule has 172 valence electrons. The number of sulfonamides is 1. The average Bonchev–Trinajstić information content (AvgIpc) is 2.83. The molecule has 2 aliphatic rings. The highest BCUT2D eigenvalue weighted by Crippen LogP contribution is 2.31. The summed E-state index contributed by atoms with van der Waals surface area (Å²) in [6.07, 6.45) is 5.18. The standard InChI is InChI=1S/C24H30N2O5S/c1-30-20-8-10-23(31-2)22(16-20)25-24(27)18-11-13-26(14-12-18)32(28,29)21-9-7-17-5-3-4-6-19(17)15-21/h7-10,15-16,18H,3-6,11-14H2,1-2H3,(H,25,27). The van der Waals surface area contributed by atoms with E-state index in [1.807, 2.05) is 12.1 Å². The first kappa shape index (κ1) is 22.6. The molecular weight excluding hydrogens is 428 g/mol. The monoisotopic (exact) mass is 458 g/mol. The number of carbonyl (C=O) groups excluding carboxylic acids is 1. The number of ether oxygens (including phenoxy) is 2. The normalized spacial score (nSPS) is 17.4. The molecule has 0 bridgehead atoms. The number of benzene rings is 2. The van der Waals surface area contributed by atoms with Crippen LogP contribution < -0.4 is 14.8 Å². The molecule has 8 heteroatoms. The first-order valence-corrected chi connectivity index (χ1v) is 12.5. The second-order valence-electron chi connectivity index (χ2n) is 8.37. The Hall–Kier alpha value is -2.58. The fourth-order valence-electron chi connectivity index (χ4n) is 4.52. The Labute approximate surface area is 189 Å². The van der Waals surface area contributed by atoms with Crippen molar-refractivity contribution in [3.63, 3.8) is 0 Å². The molecule has 1 saturated heterocycles. The van der Waals surface area contributed by atoms with Gasteiger partial charge in [0.25, 0.3) is 0 Å². The third kappa shape index (κ3) is 4.61. The van der Waals surface area contributed by atoms with E-state index in [0.29, 0.717) is 48.0 Å². The molecule has 2 aromatic carbocycles. The topological polar surface area (TPSA) is 84.9 Å². The Morgan fingerprint density at radius 2 is 1.69 bits per heavy atom. The van der Waals surface area contributed by atoms with E-state index in [2.05, 4.69) is 5.32 Å². The molecule has 0 atom stereocenters. The number of methoxy groups -OCH3 is 2. The third-order valence-corrected chi connectivity index (χ3v) is 8.34. The van der Waals surface area contributed by atoms with Gasteiger partial charge in [-0.25, -0.2) is 8.42 Å². The lowest BCUT2D eigenvalue weighted by Gasteiger charge is -2.31.